The minimum absolute atomic E-state index is 0.0373. The summed E-state index contributed by atoms with van der Waals surface area (Å²) in [5.74, 6) is 0. The van der Waals surface area contributed by atoms with Gasteiger partial charge in [-0.2, -0.15) is 0 Å². The summed E-state index contributed by atoms with van der Waals surface area (Å²) in [6, 6.07) is 79.6. The first-order valence-corrected chi connectivity index (χ1v) is 21.3. The van der Waals surface area contributed by atoms with Crippen LogP contribution in [0.15, 0.2) is 223 Å². The number of fused-ring (bicyclic) bond motifs is 6. The van der Waals surface area contributed by atoms with E-state index in [4.69, 9.17) is 4.42 Å². The van der Waals surface area contributed by atoms with E-state index in [0.717, 1.165) is 50.1 Å². The molecule has 0 bridgehead atoms. The Hall–Kier alpha value is -7.42. The molecule has 9 aromatic carbocycles. The summed E-state index contributed by atoms with van der Waals surface area (Å²) in [5, 5.41) is 2.30. The summed E-state index contributed by atoms with van der Waals surface area (Å²) in [4.78, 5) is 2.37. The fourth-order valence-corrected chi connectivity index (χ4v) is 9.88. The molecule has 1 aliphatic carbocycles. The van der Waals surface area contributed by atoms with Crippen molar-refractivity contribution < 1.29 is 4.42 Å². The molecule has 2 nitrogen and oxygen atoms in total. The van der Waals surface area contributed by atoms with Crippen molar-refractivity contribution in [3.05, 3.63) is 246 Å². The van der Waals surface area contributed by atoms with Crippen molar-refractivity contribution in [3.8, 4) is 33.4 Å². The molecule has 0 saturated heterocycles. The van der Waals surface area contributed by atoms with Gasteiger partial charge in [-0.3, -0.25) is 0 Å². The summed E-state index contributed by atoms with van der Waals surface area (Å²) < 4.78 is 6.79. The zero-order chi connectivity index (χ0) is 41.1. The fraction of sp³-hybridized carbons (Fsp3) is 0.0847. The molecule has 0 aliphatic heterocycles. The molecule has 0 N–H and O–H groups in total. The van der Waals surface area contributed by atoms with Gasteiger partial charge in [0.2, 0.25) is 0 Å². The zero-order valence-electron chi connectivity index (χ0n) is 34.6. The van der Waals surface area contributed by atoms with Crippen LogP contribution in [0.2, 0.25) is 0 Å². The van der Waals surface area contributed by atoms with Gasteiger partial charge in [-0.15, -0.1) is 0 Å². The van der Waals surface area contributed by atoms with Crippen molar-refractivity contribution in [1.29, 1.82) is 0 Å². The first kappa shape index (κ1) is 36.6. The Balaban J connectivity index is 1.04. The first-order chi connectivity index (χ1) is 29.9. The Morgan fingerprint density at radius 3 is 1.39 bits per heavy atom. The third-order valence-corrected chi connectivity index (χ3v) is 12.7. The average Bonchev–Trinajstić information content (AvgIpc) is 3.85. The van der Waals surface area contributed by atoms with E-state index >= 15 is 0 Å². The molecule has 0 radical (unpaired) electrons. The molecule has 11 rings (SSSR count). The van der Waals surface area contributed by atoms with E-state index in [1.807, 2.05) is 0 Å². The highest BCUT2D eigenvalue weighted by Gasteiger charge is 2.45. The number of para-hydroxylation sites is 2. The van der Waals surface area contributed by atoms with Gasteiger partial charge in [-0.25, -0.2) is 0 Å². The van der Waals surface area contributed by atoms with Gasteiger partial charge in [0.1, 0.15) is 11.2 Å². The molecule has 0 fully saturated rings. The van der Waals surface area contributed by atoms with Crippen LogP contribution in [0.25, 0.3) is 55.3 Å². The lowest BCUT2D eigenvalue weighted by Gasteiger charge is -2.34. The molecule has 0 spiro atoms. The second-order valence-electron chi connectivity index (χ2n) is 17.3. The summed E-state index contributed by atoms with van der Waals surface area (Å²) >= 11 is 0. The zero-order valence-corrected chi connectivity index (χ0v) is 34.6. The van der Waals surface area contributed by atoms with Gasteiger partial charge >= 0.3 is 0 Å². The van der Waals surface area contributed by atoms with Crippen LogP contribution < -0.4 is 4.90 Å². The number of hydrogen-bond donors (Lipinski definition) is 0. The smallest absolute Gasteiger partial charge is 0.143 e. The third-order valence-electron chi connectivity index (χ3n) is 12.7. The van der Waals surface area contributed by atoms with Crippen molar-refractivity contribution in [2.45, 2.75) is 31.6 Å². The summed E-state index contributed by atoms with van der Waals surface area (Å²) in [5.41, 5.74) is 18.2. The number of benzene rings is 9. The molecule has 0 atom stereocenters. The van der Waals surface area contributed by atoms with Crippen molar-refractivity contribution in [3.63, 3.8) is 0 Å². The van der Waals surface area contributed by atoms with Crippen LogP contribution in [0.1, 0.15) is 48.6 Å². The molecular formula is C59H45NO. The Bertz CT molecular complexity index is 3140. The molecule has 10 aromatic rings. The number of rotatable bonds is 7. The molecule has 0 saturated carbocycles. The normalized spacial score (nSPS) is 13.0. The highest BCUT2D eigenvalue weighted by atomic mass is 16.3. The number of anilines is 3. The predicted molar refractivity (Wildman–Crippen MR) is 255 cm³/mol. The van der Waals surface area contributed by atoms with Gasteiger partial charge in [0, 0.05) is 39.0 Å². The van der Waals surface area contributed by atoms with E-state index in [-0.39, 0.29) is 5.41 Å². The molecule has 292 valence electrons. The number of hydrogen-bond acceptors (Lipinski definition) is 2. The van der Waals surface area contributed by atoms with Crippen LogP contribution in [0.5, 0.6) is 0 Å². The van der Waals surface area contributed by atoms with Gasteiger partial charge in [-0.1, -0.05) is 203 Å². The summed E-state index contributed by atoms with van der Waals surface area (Å²) in [7, 11) is 0. The maximum Gasteiger partial charge on any atom is 0.143 e. The highest BCUT2D eigenvalue weighted by Crippen LogP contribution is 2.56. The van der Waals surface area contributed by atoms with E-state index in [9.17, 15) is 0 Å². The molecule has 0 amide bonds. The quantitative estimate of drug-likeness (QED) is 0.160. The monoisotopic (exact) mass is 783 g/mol. The van der Waals surface area contributed by atoms with E-state index in [0.29, 0.717) is 0 Å². The predicted octanol–water partition coefficient (Wildman–Crippen LogP) is 16.1. The Morgan fingerprint density at radius 1 is 0.361 bits per heavy atom. The van der Waals surface area contributed by atoms with Gasteiger partial charge in [-0.05, 0) is 91.9 Å². The molecule has 2 heteroatoms. The fourth-order valence-electron chi connectivity index (χ4n) is 9.88. The Morgan fingerprint density at radius 2 is 0.803 bits per heavy atom. The van der Waals surface area contributed by atoms with Crippen LogP contribution in [0, 0.1) is 0 Å². The van der Waals surface area contributed by atoms with Crippen molar-refractivity contribution in [2.75, 3.05) is 4.90 Å². The summed E-state index contributed by atoms with van der Waals surface area (Å²) in [6.07, 6.45) is 0. The standard InChI is InChI=1S/C59H45NO/c1-58(2,3)55-27-15-24-52-51-23-14-22-48(56(51)61-57(52)55)42-30-36-46(37-31-42)60(45-34-28-41(29-35-45)40-16-6-4-7-17-40)47-38-32-44(33-39-47)59(43-18-8-5-9-19-43)53-25-12-10-20-49(53)50-21-11-13-26-54(50)59/h4-39H,1-3H3. The lowest BCUT2D eigenvalue weighted by atomic mass is 9.68. The Kier molecular flexibility index (Phi) is 8.65. The SMILES string of the molecule is CC(C)(C)c1cccc2c1oc1c(-c3ccc(N(c4ccc(-c5ccccc5)cc4)c4ccc(C5(c6ccccc6)c6ccccc6-c6ccccc65)cc4)cc3)cccc12. The van der Waals surface area contributed by atoms with Crippen molar-refractivity contribution in [2.24, 2.45) is 0 Å². The first-order valence-electron chi connectivity index (χ1n) is 21.3. The lowest BCUT2D eigenvalue weighted by molar-refractivity contribution is 0.573. The van der Waals surface area contributed by atoms with Gasteiger partial charge in [0.25, 0.3) is 0 Å². The van der Waals surface area contributed by atoms with E-state index in [1.54, 1.807) is 0 Å². The topological polar surface area (TPSA) is 16.4 Å². The van der Waals surface area contributed by atoms with Gasteiger partial charge in [0.05, 0.1) is 5.41 Å². The minimum Gasteiger partial charge on any atom is -0.455 e. The maximum atomic E-state index is 6.79. The molecular weight excluding hydrogens is 739 g/mol. The molecule has 1 aromatic heterocycles. The van der Waals surface area contributed by atoms with Crippen LogP contribution >= 0.6 is 0 Å². The van der Waals surface area contributed by atoms with E-state index in [1.165, 1.54) is 50.1 Å². The van der Waals surface area contributed by atoms with E-state index in [2.05, 4.69) is 244 Å². The minimum atomic E-state index is -0.456. The second kappa shape index (κ2) is 14.4. The van der Waals surface area contributed by atoms with Gasteiger partial charge in [0.15, 0.2) is 0 Å². The highest BCUT2D eigenvalue weighted by molar-refractivity contribution is 6.10. The molecule has 0 unspecified atom stereocenters. The van der Waals surface area contributed by atoms with E-state index < -0.39 is 5.41 Å². The Labute approximate surface area is 358 Å². The van der Waals surface area contributed by atoms with Crippen LogP contribution in [0.4, 0.5) is 17.1 Å². The van der Waals surface area contributed by atoms with Crippen LogP contribution in [0.3, 0.4) is 0 Å². The number of nitrogens with zero attached hydrogens (tertiary/aromatic N) is 1. The molecule has 1 heterocycles. The van der Waals surface area contributed by atoms with Crippen LogP contribution in [-0.4, -0.2) is 0 Å². The maximum absolute atomic E-state index is 6.79. The molecule has 1 aliphatic rings. The average molecular weight is 784 g/mol. The third kappa shape index (κ3) is 5.93. The summed E-state index contributed by atoms with van der Waals surface area (Å²) in [6.45, 7) is 6.74. The van der Waals surface area contributed by atoms with Gasteiger partial charge < -0.3 is 9.32 Å². The largest absolute Gasteiger partial charge is 0.455 e. The van der Waals surface area contributed by atoms with Crippen molar-refractivity contribution >= 4 is 39.0 Å². The lowest BCUT2D eigenvalue weighted by Crippen LogP contribution is -2.28. The van der Waals surface area contributed by atoms with Crippen molar-refractivity contribution in [1.82, 2.24) is 0 Å². The van der Waals surface area contributed by atoms with Crippen LogP contribution in [-0.2, 0) is 10.8 Å². The molecule has 61 heavy (non-hydrogen) atoms. The number of furan rings is 1. The second-order valence-corrected chi connectivity index (χ2v) is 17.3.